The maximum atomic E-state index is 10.7. The maximum absolute atomic E-state index is 10.7. The van der Waals surface area contributed by atoms with Gasteiger partial charge in [-0.2, -0.15) is 0 Å². The lowest BCUT2D eigenvalue weighted by Gasteiger charge is -2.07. The van der Waals surface area contributed by atoms with E-state index >= 15 is 0 Å². The number of benzene rings is 1. The Kier molecular flexibility index (Phi) is 3.77. The quantitative estimate of drug-likeness (QED) is 0.788. The molecule has 4 N–H and O–H groups in total. The van der Waals surface area contributed by atoms with Crippen molar-refractivity contribution in [1.29, 1.82) is 0 Å². The fourth-order valence-corrected chi connectivity index (χ4v) is 2.08. The number of aromatic nitrogens is 1. The molecular formula is C14H17N3O. The SMILES string of the molecule is NC(=O)CCCCc1nc(N)cc2ccccc12. The summed E-state index contributed by atoms with van der Waals surface area (Å²) in [7, 11) is 0. The van der Waals surface area contributed by atoms with Gasteiger partial charge in [0.15, 0.2) is 0 Å². The van der Waals surface area contributed by atoms with E-state index in [1.807, 2.05) is 30.3 Å². The first-order chi connectivity index (χ1) is 8.66. The number of pyridine rings is 1. The lowest BCUT2D eigenvalue weighted by molar-refractivity contribution is -0.118. The molecule has 2 aromatic rings. The zero-order valence-electron chi connectivity index (χ0n) is 10.2. The van der Waals surface area contributed by atoms with Crippen LogP contribution in [0.25, 0.3) is 10.8 Å². The van der Waals surface area contributed by atoms with E-state index in [0.717, 1.165) is 35.7 Å². The summed E-state index contributed by atoms with van der Waals surface area (Å²) in [5, 5.41) is 2.24. The second-order valence-electron chi connectivity index (χ2n) is 4.39. The Morgan fingerprint density at radius 1 is 1.22 bits per heavy atom. The van der Waals surface area contributed by atoms with Crippen molar-refractivity contribution < 1.29 is 4.79 Å². The molecule has 2 rings (SSSR count). The molecule has 18 heavy (non-hydrogen) atoms. The smallest absolute Gasteiger partial charge is 0.217 e. The molecular weight excluding hydrogens is 226 g/mol. The number of carbonyl (C=O) groups is 1. The molecule has 1 aromatic heterocycles. The lowest BCUT2D eigenvalue weighted by Crippen LogP contribution is -2.09. The number of anilines is 1. The molecule has 1 aromatic carbocycles. The number of rotatable bonds is 5. The van der Waals surface area contributed by atoms with Crippen molar-refractivity contribution in [3.63, 3.8) is 0 Å². The number of nitrogen functional groups attached to an aromatic ring is 1. The largest absolute Gasteiger partial charge is 0.384 e. The molecule has 0 spiro atoms. The maximum Gasteiger partial charge on any atom is 0.217 e. The van der Waals surface area contributed by atoms with Crippen molar-refractivity contribution >= 4 is 22.5 Å². The van der Waals surface area contributed by atoms with Crippen LogP contribution in [0.3, 0.4) is 0 Å². The van der Waals surface area contributed by atoms with Crippen molar-refractivity contribution in [3.8, 4) is 0 Å². The van der Waals surface area contributed by atoms with Crippen molar-refractivity contribution in [1.82, 2.24) is 4.98 Å². The molecule has 1 amide bonds. The number of aryl methyl sites for hydroxylation is 1. The van der Waals surface area contributed by atoms with Gasteiger partial charge in [0.25, 0.3) is 0 Å². The number of nitrogens with zero attached hydrogens (tertiary/aromatic N) is 1. The fourth-order valence-electron chi connectivity index (χ4n) is 2.08. The molecule has 94 valence electrons. The Bertz CT molecular complexity index is 566. The Morgan fingerprint density at radius 3 is 2.78 bits per heavy atom. The molecule has 0 radical (unpaired) electrons. The third-order valence-corrected chi connectivity index (χ3v) is 2.93. The highest BCUT2D eigenvalue weighted by Gasteiger charge is 2.04. The van der Waals surface area contributed by atoms with Crippen molar-refractivity contribution in [2.24, 2.45) is 5.73 Å². The van der Waals surface area contributed by atoms with E-state index in [1.54, 1.807) is 0 Å². The molecule has 0 saturated carbocycles. The minimum atomic E-state index is -0.250. The van der Waals surface area contributed by atoms with E-state index in [-0.39, 0.29) is 5.91 Å². The van der Waals surface area contributed by atoms with Gasteiger partial charge in [-0.05, 0) is 30.7 Å². The first-order valence-corrected chi connectivity index (χ1v) is 6.09. The second-order valence-corrected chi connectivity index (χ2v) is 4.39. The van der Waals surface area contributed by atoms with Crippen LogP contribution in [0.5, 0.6) is 0 Å². The number of hydrogen-bond acceptors (Lipinski definition) is 3. The molecule has 4 heteroatoms. The number of primary amides is 1. The summed E-state index contributed by atoms with van der Waals surface area (Å²) in [5.41, 5.74) is 11.9. The molecule has 4 nitrogen and oxygen atoms in total. The Morgan fingerprint density at radius 2 is 2.00 bits per heavy atom. The van der Waals surface area contributed by atoms with E-state index in [9.17, 15) is 4.79 Å². The zero-order chi connectivity index (χ0) is 13.0. The summed E-state index contributed by atoms with van der Waals surface area (Å²) < 4.78 is 0. The first kappa shape index (κ1) is 12.4. The Balaban J connectivity index is 2.14. The van der Waals surface area contributed by atoms with Gasteiger partial charge in [0.2, 0.25) is 5.91 Å². The van der Waals surface area contributed by atoms with Crippen LogP contribution in [-0.2, 0) is 11.2 Å². The predicted octanol–water partition coefficient (Wildman–Crippen LogP) is 2.02. The number of hydrogen-bond donors (Lipinski definition) is 2. The van der Waals surface area contributed by atoms with E-state index < -0.39 is 0 Å². The number of nitrogens with two attached hydrogens (primary N) is 2. The molecule has 0 fully saturated rings. The van der Waals surface area contributed by atoms with Crippen molar-refractivity contribution in [2.45, 2.75) is 25.7 Å². The van der Waals surface area contributed by atoms with Gasteiger partial charge in [0.1, 0.15) is 5.82 Å². The third-order valence-electron chi connectivity index (χ3n) is 2.93. The number of unbranched alkanes of at least 4 members (excludes halogenated alkanes) is 1. The highest BCUT2D eigenvalue weighted by molar-refractivity contribution is 5.86. The van der Waals surface area contributed by atoms with E-state index in [2.05, 4.69) is 4.98 Å². The highest BCUT2D eigenvalue weighted by Crippen LogP contribution is 2.21. The van der Waals surface area contributed by atoms with E-state index in [0.29, 0.717) is 12.2 Å². The highest BCUT2D eigenvalue weighted by atomic mass is 16.1. The van der Waals surface area contributed by atoms with Gasteiger partial charge >= 0.3 is 0 Å². The van der Waals surface area contributed by atoms with Gasteiger partial charge in [-0.3, -0.25) is 4.79 Å². The topological polar surface area (TPSA) is 82.0 Å². The van der Waals surface area contributed by atoms with E-state index in [4.69, 9.17) is 11.5 Å². The summed E-state index contributed by atoms with van der Waals surface area (Å²) in [6.45, 7) is 0. The van der Waals surface area contributed by atoms with Crippen LogP contribution in [0.4, 0.5) is 5.82 Å². The monoisotopic (exact) mass is 243 g/mol. The fraction of sp³-hybridized carbons (Fsp3) is 0.286. The minimum absolute atomic E-state index is 0.250. The molecule has 1 heterocycles. The molecule has 0 saturated heterocycles. The standard InChI is InChI=1S/C14H17N3O/c15-13-9-10-5-1-2-6-11(10)12(17-13)7-3-4-8-14(16)18/h1-2,5-6,9H,3-4,7-8H2,(H2,15,17)(H2,16,18). The molecule has 0 bridgehead atoms. The number of fused-ring (bicyclic) bond motifs is 1. The molecule has 0 aliphatic carbocycles. The molecule has 0 atom stereocenters. The van der Waals surface area contributed by atoms with Gasteiger partial charge in [-0.15, -0.1) is 0 Å². The lowest BCUT2D eigenvalue weighted by atomic mass is 10.0. The van der Waals surface area contributed by atoms with Crippen molar-refractivity contribution in [3.05, 3.63) is 36.0 Å². The van der Waals surface area contributed by atoms with Crippen molar-refractivity contribution in [2.75, 3.05) is 5.73 Å². The van der Waals surface area contributed by atoms with Gasteiger partial charge < -0.3 is 11.5 Å². The average Bonchev–Trinajstić information content (AvgIpc) is 2.34. The van der Waals surface area contributed by atoms with Gasteiger partial charge in [0.05, 0.1) is 5.69 Å². The van der Waals surface area contributed by atoms with Crippen LogP contribution in [0.1, 0.15) is 25.0 Å². The van der Waals surface area contributed by atoms with Crippen LogP contribution in [0.2, 0.25) is 0 Å². The second kappa shape index (κ2) is 5.49. The normalized spacial score (nSPS) is 10.7. The van der Waals surface area contributed by atoms with Crippen LogP contribution in [0, 0.1) is 0 Å². The van der Waals surface area contributed by atoms with Gasteiger partial charge in [-0.1, -0.05) is 24.3 Å². The van der Waals surface area contributed by atoms with Gasteiger partial charge in [-0.25, -0.2) is 4.98 Å². The number of carbonyl (C=O) groups excluding carboxylic acids is 1. The van der Waals surface area contributed by atoms with Gasteiger partial charge in [0, 0.05) is 11.8 Å². The first-order valence-electron chi connectivity index (χ1n) is 6.09. The molecule has 0 unspecified atom stereocenters. The minimum Gasteiger partial charge on any atom is -0.384 e. The molecule has 0 aliphatic heterocycles. The number of amides is 1. The summed E-state index contributed by atoms with van der Waals surface area (Å²) in [6, 6.07) is 9.93. The van der Waals surface area contributed by atoms with Crippen LogP contribution in [0.15, 0.2) is 30.3 Å². The summed E-state index contributed by atoms with van der Waals surface area (Å²) >= 11 is 0. The predicted molar refractivity (Wildman–Crippen MR) is 72.9 cm³/mol. The van der Waals surface area contributed by atoms with Crippen LogP contribution >= 0.6 is 0 Å². The average molecular weight is 243 g/mol. The molecule has 0 aliphatic rings. The third kappa shape index (κ3) is 2.97. The van der Waals surface area contributed by atoms with E-state index in [1.165, 1.54) is 0 Å². The summed E-state index contributed by atoms with van der Waals surface area (Å²) in [6.07, 6.45) is 2.93. The van der Waals surface area contributed by atoms with Crippen LogP contribution < -0.4 is 11.5 Å². The Hall–Kier alpha value is -2.10. The Labute approximate surface area is 106 Å². The zero-order valence-corrected chi connectivity index (χ0v) is 10.2. The van der Waals surface area contributed by atoms with Crippen LogP contribution in [-0.4, -0.2) is 10.9 Å². The summed E-state index contributed by atoms with van der Waals surface area (Å²) in [4.78, 5) is 15.0. The summed E-state index contributed by atoms with van der Waals surface area (Å²) in [5.74, 6) is 0.291.